The number of carbonyl (C=O) groups is 2. The van der Waals surface area contributed by atoms with Crippen molar-refractivity contribution in [2.24, 2.45) is 0 Å². The Morgan fingerprint density at radius 1 is 0.952 bits per heavy atom. The Morgan fingerprint density at radius 3 is 2.29 bits per heavy atom. The minimum absolute atomic E-state index is 0.0405. The van der Waals surface area contributed by atoms with Gasteiger partial charge in [0, 0.05) is 21.7 Å². The van der Waals surface area contributed by atoms with Crippen molar-refractivity contribution in [1.29, 1.82) is 0 Å². The van der Waals surface area contributed by atoms with Crippen LogP contribution in [0.1, 0.15) is 21.5 Å². The van der Waals surface area contributed by atoms with Gasteiger partial charge in [0.25, 0.3) is 0 Å². The largest absolute Gasteiger partial charge is 0.506 e. The van der Waals surface area contributed by atoms with Crippen LogP contribution in [0.15, 0.2) is 47.4 Å². The number of carbonyl (C=O) groups excluding carboxylic acids is 2. The predicted molar refractivity (Wildman–Crippen MR) is 83.3 cm³/mol. The lowest BCUT2D eigenvalue weighted by molar-refractivity contribution is -0.110. The summed E-state index contributed by atoms with van der Waals surface area (Å²) < 4.78 is 0. The van der Waals surface area contributed by atoms with Gasteiger partial charge in [-0.1, -0.05) is 24.3 Å². The number of nitrogens with two attached hydrogens (primary N) is 1. The molecule has 21 heavy (non-hydrogen) atoms. The van der Waals surface area contributed by atoms with E-state index in [0.29, 0.717) is 21.7 Å². The summed E-state index contributed by atoms with van der Waals surface area (Å²) >= 11 is 4.20. The highest BCUT2D eigenvalue weighted by Gasteiger charge is 2.33. The molecule has 0 atom stereocenters. The van der Waals surface area contributed by atoms with Crippen LogP contribution in [0.5, 0.6) is 0 Å². The number of hydrogen-bond donors (Lipinski definition) is 3. The Hall–Kier alpha value is -2.53. The van der Waals surface area contributed by atoms with E-state index in [0.717, 1.165) is 0 Å². The number of benzene rings is 2. The van der Waals surface area contributed by atoms with Gasteiger partial charge in [-0.2, -0.15) is 0 Å². The SMILES string of the molecule is Nc1cc(S)cc(C2=C(O)c3ccccc3C(=O)C2=O)c1. The number of aliphatic hydroxyl groups is 1. The summed E-state index contributed by atoms with van der Waals surface area (Å²) in [5.74, 6) is -1.60. The minimum atomic E-state index is -0.746. The highest BCUT2D eigenvalue weighted by atomic mass is 32.1. The van der Waals surface area contributed by atoms with Crippen molar-refractivity contribution >= 4 is 41.2 Å². The summed E-state index contributed by atoms with van der Waals surface area (Å²) in [6, 6.07) is 11.2. The van der Waals surface area contributed by atoms with Gasteiger partial charge in [-0.05, 0) is 23.8 Å². The maximum Gasteiger partial charge on any atom is 0.237 e. The molecule has 0 bridgehead atoms. The summed E-state index contributed by atoms with van der Waals surface area (Å²) in [6.45, 7) is 0. The van der Waals surface area contributed by atoms with E-state index in [9.17, 15) is 14.7 Å². The molecule has 0 saturated carbocycles. The molecular weight excluding hydrogens is 286 g/mol. The fraction of sp³-hybridized carbons (Fsp3) is 0. The van der Waals surface area contributed by atoms with Crippen LogP contribution in [-0.4, -0.2) is 16.7 Å². The van der Waals surface area contributed by atoms with Crippen molar-refractivity contribution in [2.75, 3.05) is 5.73 Å². The Balaban J connectivity index is 2.31. The summed E-state index contributed by atoms with van der Waals surface area (Å²) in [5, 5.41) is 10.4. The van der Waals surface area contributed by atoms with Crippen molar-refractivity contribution in [3.05, 3.63) is 59.2 Å². The predicted octanol–water partition coefficient (Wildman–Crippen LogP) is 2.75. The average molecular weight is 297 g/mol. The zero-order valence-corrected chi connectivity index (χ0v) is 11.7. The molecule has 4 nitrogen and oxygen atoms in total. The van der Waals surface area contributed by atoms with Crippen LogP contribution in [0.4, 0.5) is 5.69 Å². The van der Waals surface area contributed by atoms with Crippen LogP contribution < -0.4 is 5.73 Å². The normalized spacial score (nSPS) is 14.3. The van der Waals surface area contributed by atoms with Gasteiger partial charge < -0.3 is 10.8 Å². The fourth-order valence-corrected chi connectivity index (χ4v) is 2.70. The van der Waals surface area contributed by atoms with Gasteiger partial charge in [-0.25, -0.2) is 0 Å². The van der Waals surface area contributed by atoms with Gasteiger partial charge >= 0.3 is 0 Å². The summed E-state index contributed by atoms with van der Waals surface area (Å²) in [6.07, 6.45) is 0. The lowest BCUT2D eigenvalue weighted by Crippen LogP contribution is -2.23. The summed E-state index contributed by atoms with van der Waals surface area (Å²) in [4.78, 5) is 25.0. The lowest BCUT2D eigenvalue weighted by Gasteiger charge is -2.18. The second-order valence-corrected chi connectivity index (χ2v) is 5.26. The second-order valence-electron chi connectivity index (χ2n) is 4.74. The van der Waals surface area contributed by atoms with E-state index in [1.165, 1.54) is 12.1 Å². The van der Waals surface area contributed by atoms with Crippen LogP contribution in [0.2, 0.25) is 0 Å². The summed E-state index contributed by atoms with van der Waals surface area (Å²) in [7, 11) is 0. The maximum absolute atomic E-state index is 12.3. The number of hydrogen-bond acceptors (Lipinski definition) is 5. The van der Waals surface area contributed by atoms with E-state index in [-0.39, 0.29) is 16.9 Å². The first-order chi connectivity index (χ1) is 9.99. The number of fused-ring (bicyclic) bond motifs is 1. The van der Waals surface area contributed by atoms with Crippen LogP contribution in [0.25, 0.3) is 11.3 Å². The smallest absolute Gasteiger partial charge is 0.237 e. The highest BCUT2D eigenvalue weighted by molar-refractivity contribution is 7.80. The molecule has 0 spiro atoms. The van der Waals surface area contributed by atoms with Gasteiger partial charge in [0.2, 0.25) is 11.6 Å². The molecule has 2 aromatic carbocycles. The number of allylic oxidation sites excluding steroid dienone is 1. The van der Waals surface area contributed by atoms with Crippen LogP contribution in [0, 0.1) is 0 Å². The molecule has 3 N–H and O–H groups in total. The third-order valence-corrected chi connectivity index (χ3v) is 3.58. The average Bonchev–Trinajstić information content (AvgIpc) is 2.44. The zero-order valence-electron chi connectivity index (χ0n) is 10.8. The molecule has 0 aromatic heterocycles. The van der Waals surface area contributed by atoms with Crippen molar-refractivity contribution in [2.45, 2.75) is 4.90 Å². The molecule has 2 aromatic rings. The van der Waals surface area contributed by atoms with E-state index < -0.39 is 11.6 Å². The van der Waals surface area contributed by atoms with Crippen molar-refractivity contribution in [3.8, 4) is 0 Å². The molecule has 104 valence electrons. The molecule has 0 amide bonds. The topological polar surface area (TPSA) is 80.4 Å². The first-order valence-electron chi connectivity index (χ1n) is 6.20. The second kappa shape index (κ2) is 4.79. The number of anilines is 1. The van der Waals surface area contributed by atoms with E-state index in [1.807, 2.05) is 0 Å². The van der Waals surface area contributed by atoms with Gasteiger partial charge in [-0.15, -0.1) is 12.6 Å². The van der Waals surface area contributed by atoms with Crippen LogP contribution in [0.3, 0.4) is 0 Å². The third kappa shape index (κ3) is 2.11. The highest BCUT2D eigenvalue weighted by Crippen LogP contribution is 2.34. The first-order valence-corrected chi connectivity index (χ1v) is 6.65. The number of thiol groups is 1. The van der Waals surface area contributed by atoms with Crippen molar-refractivity contribution in [1.82, 2.24) is 0 Å². The Morgan fingerprint density at radius 2 is 1.62 bits per heavy atom. The number of rotatable bonds is 1. The number of aliphatic hydroxyl groups excluding tert-OH is 1. The summed E-state index contributed by atoms with van der Waals surface area (Å²) in [5.41, 5.74) is 7.03. The minimum Gasteiger partial charge on any atom is -0.506 e. The number of Topliss-reactive ketones (excluding diaryl/α,β-unsaturated/α-hetero) is 2. The molecule has 0 fully saturated rings. The molecule has 0 aliphatic heterocycles. The standard InChI is InChI=1S/C16H11NO3S/c17-9-5-8(6-10(21)7-9)13-14(18)11-3-1-2-4-12(11)15(19)16(13)20/h1-7,18,21H,17H2. The van der Waals surface area contributed by atoms with E-state index >= 15 is 0 Å². The number of nitrogen functional groups attached to an aromatic ring is 1. The van der Waals surface area contributed by atoms with Gasteiger partial charge in [0.15, 0.2) is 0 Å². The molecule has 0 saturated heterocycles. The maximum atomic E-state index is 12.3. The van der Waals surface area contributed by atoms with E-state index in [1.54, 1.807) is 30.3 Å². The van der Waals surface area contributed by atoms with E-state index in [2.05, 4.69) is 12.6 Å². The van der Waals surface area contributed by atoms with Crippen LogP contribution >= 0.6 is 12.6 Å². The molecule has 1 aliphatic carbocycles. The molecule has 1 aliphatic rings. The zero-order chi connectivity index (χ0) is 15.1. The Labute approximate surface area is 126 Å². The van der Waals surface area contributed by atoms with Crippen LogP contribution in [-0.2, 0) is 4.79 Å². The quantitative estimate of drug-likeness (QED) is 0.429. The van der Waals surface area contributed by atoms with Crippen molar-refractivity contribution in [3.63, 3.8) is 0 Å². The Bertz CT molecular complexity index is 804. The lowest BCUT2D eigenvalue weighted by atomic mass is 9.85. The monoisotopic (exact) mass is 297 g/mol. The van der Waals surface area contributed by atoms with E-state index in [4.69, 9.17) is 5.73 Å². The number of ketones is 2. The molecule has 0 unspecified atom stereocenters. The van der Waals surface area contributed by atoms with Gasteiger partial charge in [0.05, 0.1) is 5.57 Å². The molecule has 5 heteroatoms. The van der Waals surface area contributed by atoms with Gasteiger partial charge in [0.1, 0.15) is 5.76 Å². The molecule has 0 radical (unpaired) electrons. The first kappa shape index (κ1) is 13.5. The molecular formula is C16H11NO3S. The Kier molecular flexibility index (Phi) is 3.07. The van der Waals surface area contributed by atoms with Gasteiger partial charge in [-0.3, -0.25) is 9.59 Å². The third-order valence-electron chi connectivity index (χ3n) is 3.33. The fourth-order valence-electron chi connectivity index (χ4n) is 2.41. The molecule has 0 heterocycles. The van der Waals surface area contributed by atoms with Crippen molar-refractivity contribution < 1.29 is 14.7 Å². The molecule has 3 rings (SSSR count).